The molecule has 1 aliphatic rings. The molecule has 1 saturated heterocycles. The maximum Gasteiger partial charge on any atom is 0.352 e. The van der Waals surface area contributed by atoms with Gasteiger partial charge in [-0.25, -0.2) is 4.79 Å². The van der Waals surface area contributed by atoms with E-state index in [0.717, 1.165) is 24.3 Å². The van der Waals surface area contributed by atoms with Crippen LogP contribution in [0.15, 0.2) is 30.0 Å². The molecule has 1 aliphatic heterocycles. The topological polar surface area (TPSA) is 78.9 Å². The van der Waals surface area contributed by atoms with Crippen LogP contribution in [0.4, 0.5) is 5.69 Å². The Balaban J connectivity index is 2.13. The number of anilines is 1. The molecule has 1 heterocycles. The number of carbonyl (C=O) groups is 2. The molecule has 1 aromatic rings. The molecule has 0 spiro atoms. The zero-order valence-corrected chi connectivity index (χ0v) is 11.8. The van der Waals surface area contributed by atoms with E-state index in [4.69, 9.17) is 9.84 Å². The summed E-state index contributed by atoms with van der Waals surface area (Å²) in [6.07, 6.45) is 1.44. The second kappa shape index (κ2) is 6.90. The predicted molar refractivity (Wildman–Crippen MR) is 78.9 cm³/mol. The second-order valence-electron chi connectivity index (χ2n) is 4.74. The Morgan fingerprint density at radius 3 is 2.38 bits per heavy atom. The van der Waals surface area contributed by atoms with Crippen LogP contribution in [0.1, 0.15) is 12.5 Å². The number of carboxylic acids is 1. The average molecular weight is 290 g/mol. The number of amides is 1. The number of benzene rings is 1. The lowest BCUT2D eigenvalue weighted by Gasteiger charge is -2.28. The molecule has 1 amide bonds. The fraction of sp³-hybridized carbons (Fsp3) is 0.333. The van der Waals surface area contributed by atoms with Gasteiger partial charge in [0.25, 0.3) is 0 Å². The Morgan fingerprint density at radius 1 is 1.24 bits per heavy atom. The van der Waals surface area contributed by atoms with Gasteiger partial charge in [0.2, 0.25) is 5.91 Å². The molecular weight excluding hydrogens is 272 g/mol. The molecular formula is C15H18N2O4. The minimum absolute atomic E-state index is 0.137. The predicted octanol–water partition coefficient (Wildman–Crippen LogP) is 1.08. The van der Waals surface area contributed by atoms with Gasteiger partial charge in [-0.15, -0.1) is 0 Å². The molecule has 0 atom stereocenters. The molecule has 0 saturated carbocycles. The molecule has 0 radical (unpaired) electrons. The van der Waals surface area contributed by atoms with E-state index >= 15 is 0 Å². The van der Waals surface area contributed by atoms with Gasteiger partial charge >= 0.3 is 5.97 Å². The summed E-state index contributed by atoms with van der Waals surface area (Å²) in [4.78, 5) is 24.2. The van der Waals surface area contributed by atoms with Crippen molar-refractivity contribution in [3.8, 4) is 0 Å². The fourth-order valence-corrected chi connectivity index (χ4v) is 2.11. The maximum atomic E-state index is 11.0. The highest BCUT2D eigenvalue weighted by Crippen LogP contribution is 2.17. The van der Waals surface area contributed by atoms with Crippen molar-refractivity contribution in [1.29, 1.82) is 0 Å². The Morgan fingerprint density at radius 2 is 1.86 bits per heavy atom. The number of morpholine rings is 1. The summed E-state index contributed by atoms with van der Waals surface area (Å²) in [5.74, 6) is -1.57. The number of hydrogen-bond donors (Lipinski definition) is 2. The van der Waals surface area contributed by atoms with Crippen molar-refractivity contribution in [3.05, 3.63) is 35.5 Å². The number of rotatable bonds is 4. The SMILES string of the molecule is CC(=O)NC(=Cc1ccc(N2CCOCC2)cc1)C(=O)O. The van der Waals surface area contributed by atoms with Crippen molar-refractivity contribution in [1.82, 2.24) is 5.32 Å². The summed E-state index contributed by atoms with van der Waals surface area (Å²) < 4.78 is 5.30. The van der Waals surface area contributed by atoms with E-state index in [2.05, 4.69) is 10.2 Å². The first-order chi connectivity index (χ1) is 10.1. The number of nitrogens with one attached hydrogen (secondary N) is 1. The van der Waals surface area contributed by atoms with E-state index in [9.17, 15) is 9.59 Å². The van der Waals surface area contributed by atoms with Crippen molar-refractivity contribution in [2.75, 3.05) is 31.2 Å². The standard InChI is InChI=1S/C15H18N2O4/c1-11(18)16-14(15(19)20)10-12-2-4-13(5-3-12)17-6-8-21-9-7-17/h2-5,10H,6-9H2,1H3,(H,16,18)(H,19,20). The summed E-state index contributed by atoms with van der Waals surface area (Å²) >= 11 is 0. The molecule has 2 rings (SSSR count). The van der Waals surface area contributed by atoms with E-state index < -0.39 is 11.9 Å². The molecule has 21 heavy (non-hydrogen) atoms. The zero-order valence-electron chi connectivity index (χ0n) is 11.8. The Hall–Kier alpha value is -2.34. The van der Waals surface area contributed by atoms with Crippen LogP contribution in [0.2, 0.25) is 0 Å². The van der Waals surface area contributed by atoms with Crippen LogP contribution in [0, 0.1) is 0 Å². The number of hydrogen-bond acceptors (Lipinski definition) is 4. The highest BCUT2D eigenvalue weighted by Gasteiger charge is 2.11. The van der Waals surface area contributed by atoms with Gasteiger partial charge in [-0.3, -0.25) is 4.79 Å². The zero-order chi connectivity index (χ0) is 15.2. The highest BCUT2D eigenvalue weighted by molar-refractivity contribution is 5.96. The van der Waals surface area contributed by atoms with E-state index in [-0.39, 0.29) is 5.70 Å². The smallest absolute Gasteiger partial charge is 0.352 e. The van der Waals surface area contributed by atoms with Crippen LogP contribution in [0.5, 0.6) is 0 Å². The largest absolute Gasteiger partial charge is 0.477 e. The van der Waals surface area contributed by atoms with Crippen molar-refractivity contribution < 1.29 is 19.4 Å². The Labute approximate surface area is 123 Å². The molecule has 0 aromatic heterocycles. The molecule has 1 aromatic carbocycles. The molecule has 2 N–H and O–H groups in total. The third-order valence-corrected chi connectivity index (χ3v) is 3.12. The molecule has 0 bridgehead atoms. The number of carboxylic acid groups (broad SMARTS) is 1. The van der Waals surface area contributed by atoms with E-state index in [1.807, 2.05) is 24.3 Å². The van der Waals surface area contributed by atoms with Crippen LogP contribution in [-0.2, 0) is 14.3 Å². The first-order valence-electron chi connectivity index (χ1n) is 6.71. The number of aliphatic carboxylic acids is 1. The van der Waals surface area contributed by atoms with Gasteiger partial charge < -0.3 is 20.1 Å². The highest BCUT2D eigenvalue weighted by atomic mass is 16.5. The van der Waals surface area contributed by atoms with Gasteiger partial charge in [-0.2, -0.15) is 0 Å². The molecule has 6 nitrogen and oxygen atoms in total. The lowest BCUT2D eigenvalue weighted by atomic mass is 10.1. The third kappa shape index (κ3) is 4.32. The number of carbonyl (C=O) groups excluding carboxylic acids is 1. The van der Waals surface area contributed by atoms with E-state index in [1.165, 1.54) is 13.0 Å². The quantitative estimate of drug-likeness (QED) is 0.811. The van der Waals surface area contributed by atoms with Crippen molar-refractivity contribution in [2.24, 2.45) is 0 Å². The van der Waals surface area contributed by atoms with E-state index in [1.54, 1.807) is 0 Å². The molecule has 0 aliphatic carbocycles. The van der Waals surface area contributed by atoms with Crippen LogP contribution >= 0.6 is 0 Å². The summed E-state index contributed by atoms with van der Waals surface area (Å²) in [5.41, 5.74) is 1.66. The number of nitrogens with zero attached hydrogens (tertiary/aromatic N) is 1. The van der Waals surface area contributed by atoms with Crippen LogP contribution < -0.4 is 10.2 Å². The molecule has 112 valence electrons. The van der Waals surface area contributed by atoms with Gasteiger partial charge in [0.1, 0.15) is 5.70 Å². The first kappa shape index (κ1) is 15.1. The minimum Gasteiger partial charge on any atom is -0.477 e. The third-order valence-electron chi connectivity index (χ3n) is 3.12. The first-order valence-corrected chi connectivity index (χ1v) is 6.71. The molecule has 6 heteroatoms. The summed E-state index contributed by atoms with van der Waals surface area (Å²) in [5, 5.41) is 11.3. The monoisotopic (exact) mass is 290 g/mol. The summed E-state index contributed by atoms with van der Waals surface area (Å²) in [6.45, 7) is 4.40. The van der Waals surface area contributed by atoms with Gasteiger partial charge in [0.05, 0.1) is 13.2 Å². The van der Waals surface area contributed by atoms with Gasteiger partial charge in [0.15, 0.2) is 0 Å². The fourth-order valence-electron chi connectivity index (χ4n) is 2.11. The molecule has 1 fully saturated rings. The summed E-state index contributed by atoms with van der Waals surface area (Å²) in [6, 6.07) is 7.53. The van der Waals surface area contributed by atoms with Crippen molar-refractivity contribution in [3.63, 3.8) is 0 Å². The lowest BCUT2D eigenvalue weighted by Crippen LogP contribution is -2.36. The van der Waals surface area contributed by atoms with Crippen molar-refractivity contribution >= 4 is 23.6 Å². The Kier molecular flexibility index (Phi) is 4.94. The second-order valence-corrected chi connectivity index (χ2v) is 4.74. The normalized spacial score (nSPS) is 15.7. The van der Waals surface area contributed by atoms with Gasteiger partial charge in [0, 0.05) is 25.7 Å². The van der Waals surface area contributed by atoms with Crippen molar-refractivity contribution in [2.45, 2.75) is 6.92 Å². The maximum absolute atomic E-state index is 11.0. The Bertz CT molecular complexity index is 545. The average Bonchev–Trinajstić information content (AvgIpc) is 2.48. The van der Waals surface area contributed by atoms with Crippen LogP contribution in [0.3, 0.4) is 0 Å². The lowest BCUT2D eigenvalue weighted by molar-refractivity contribution is -0.134. The summed E-state index contributed by atoms with van der Waals surface area (Å²) in [7, 11) is 0. The van der Waals surface area contributed by atoms with Gasteiger partial charge in [-0.1, -0.05) is 12.1 Å². The van der Waals surface area contributed by atoms with Crippen LogP contribution in [0.25, 0.3) is 6.08 Å². The van der Waals surface area contributed by atoms with E-state index in [0.29, 0.717) is 13.2 Å². The number of ether oxygens (including phenoxy) is 1. The van der Waals surface area contributed by atoms with Crippen LogP contribution in [-0.4, -0.2) is 43.3 Å². The minimum atomic E-state index is -1.16. The van der Waals surface area contributed by atoms with Gasteiger partial charge in [-0.05, 0) is 23.8 Å². The molecule has 0 unspecified atom stereocenters.